The third kappa shape index (κ3) is 2.41. The lowest BCUT2D eigenvalue weighted by Gasteiger charge is -2.26. The van der Waals surface area contributed by atoms with Gasteiger partial charge in [-0.15, -0.1) is 0 Å². The molecule has 3 nitrogen and oxygen atoms in total. The molecule has 16 heavy (non-hydrogen) atoms. The van der Waals surface area contributed by atoms with E-state index in [-0.39, 0.29) is 12.1 Å². The van der Waals surface area contributed by atoms with E-state index in [9.17, 15) is 0 Å². The maximum atomic E-state index is 8.92. The first kappa shape index (κ1) is 11.1. The van der Waals surface area contributed by atoms with Gasteiger partial charge in [0, 0.05) is 25.2 Å². The van der Waals surface area contributed by atoms with E-state index in [1.165, 1.54) is 5.56 Å². The van der Waals surface area contributed by atoms with Gasteiger partial charge in [0.2, 0.25) is 0 Å². The number of likely N-dealkylation sites (tertiary alicyclic amines) is 1. The minimum absolute atomic E-state index is 0.208. The molecule has 1 aliphatic rings. The first-order valence-corrected chi connectivity index (χ1v) is 5.73. The van der Waals surface area contributed by atoms with Gasteiger partial charge in [-0.05, 0) is 12.0 Å². The summed E-state index contributed by atoms with van der Waals surface area (Å²) in [7, 11) is 0. The van der Waals surface area contributed by atoms with Crippen molar-refractivity contribution < 1.29 is 0 Å². The molecule has 2 N–H and O–H groups in total. The second-order valence-corrected chi connectivity index (χ2v) is 4.33. The van der Waals surface area contributed by atoms with Crippen molar-refractivity contribution in [3.63, 3.8) is 0 Å². The van der Waals surface area contributed by atoms with Crippen LogP contribution in [-0.4, -0.2) is 24.0 Å². The van der Waals surface area contributed by atoms with Gasteiger partial charge in [-0.2, -0.15) is 5.26 Å². The molecule has 0 saturated carbocycles. The van der Waals surface area contributed by atoms with Crippen molar-refractivity contribution >= 4 is 0 Å². The van der Waals surface area contributed by atoms with Crippen LogP contribution >= 0.6 is 0 Å². The van der Waals surface area contributed by atoms with E-state index in [2.05, 4.69) is 23.1 Å². The molecular formula is C13H17N3. The quantitative estimate of drug-likeness (QED) is 0.834. The van der Waals surface area contributed by atoms with Crippen molar-refractivity contribution in [3.05, 3.63) is 35.9 Å². The van der Waals surface area contributed by atoms with Crippen molar-refractivity contribution in [2.45, 2.75) is 24.9 Å². The van der Waals surface area contributed by atoms with Crippen LogP contribution in [-0.2, 0) is 0 Å². The number of rotatable bonds is 3. The van der Waals surface area contributed by atoms with Crippen molar-refractivity contribution in [2.24, 2.45) is 5.73 Å². The molecule has 0 aromatic heterocycles. The molecule has 1 aromatic rings. The zero-order valence-corrected chi connectivity index (χ0v) is 9.34. The number of benzene rings is 1. The Morgan fingerprint density at radius 1 is 1.44 bits per heavy atom. The molecule has 0 radical (unpaired) electrons. The fraction of sp³-hybridized carbons (Fsp3) is 0.462. The van der Waals surface area contributed by atoms with E-state index >= 15 is 0 Å². The largest absolute Gasteiger partial charge is 0.326 e. The molecule has 1 aromatic carbocycles. The van der Waals surface area contributed by atoms with Crippen LogP contribution in [0.25, 0.3) is 0 Å². The third-order valence-corrected chi connectivity index (χ3v) is 3.17. The van der Waals surface area contributed by atoms with E-state index < -0.39 is 0 Å². The summed E-state index contributed by atoms with van der Waals surface area (Å²) in [6.07, 6.45) is 1.57. The summed E-state index contributed by atoms with van der Waals surface area (Å²) in [5.41, 5.74) is 7.13. The molecule has 0 spiro atoms. The van der Waals surface area contributed by atoms with Crippen LogP contribution in [0.5, 0.6) is 0 Å². The van der Waals surface area contributed by atoms with Crippen LogP contribution in [0.15, 0.2) is 30.3 Å². The van der Waals surface area contributed by atoms with Gasteiger partial charge in [-0.3, -0.25) is 4.90 Å². The summed E-state index contributed by atoms with van der Waals surface area (Å²) in [5.74, 6) is 0. The van der Waals surface area contributed by atoms with Gasteiger partial charge in [0.1, 0.15) is 0 Å². The van der Waals surface area contributed by atoms with Crippen molar-refractivity contribution in [1.29, 1.82) is 5.26 Å². The minimum atomic E-state index is 0.208. The van der Waals surface area contributed by atoms with Gasteiger partial charge in [0.25, 0.3) is 0 Å². The van der Waals surface area contributed by atoms with E-state index in [0.717, 1.165) is 19.5 Å². The van der Waals surface area contributed by atoms with Gasteiger partial charge < -0.3 is 5.73 Å². The molecule has 1 aliphatic heterocycles. The molecule has 2 rings (SSSR count). The van der Waals surface area contributed by atoms with Crippen LogP contribution in [0.2, 0.25) is 0 Å². The zero-order chi connectivity index (χ0) is 11.4. The average Bonchev–Trinajstić information content (AvgIpc) is 2.74. The number of nitrogens with zero attached hydrogens (tertiary/aromatic N) is 2. The van der Waals surface area contributed by atoms with E-state index in [1.54, 1.807) is 0 Å². The molecular weight excluding hydrogens is 198 g/mol. The maximum Gasteiger partial charge on any atom is 0.0641 e. The third-order valence-electron chi connectivity index (χ3n) is 3.17. The Hall–Kier alpha value is -1.37. The second kappa shape index (κ2) is 5.11. The second-order valence-electron chi connectivity index (χ2n) is 4.33. The highest BCUT2D eigenvalue weighted by Gasteiger charge is 2.26. The first-order chi connectivity index (χ1) is 7.81. The summed E-state index contributed by atoms with van der Waals surface area (Å²) in [4.78, 5) is 2.32. The van der Waals surface area contributed by atoms with Crippen LogP contribution in [0.1, 0.15) is 24.4 Å². The normalized spacial score (nSPS) is 22.9. The Balaban J connectivity index is 2.15. The van der Waals surface area contributed by atoms with Gasteiger partial charge in [0.15, 0.2) is 0 Å². The van der Waals surface area contributed by atoms with Crippen molar-refractivity contribution in [2.75, 3.05) is 13.1 Å². The smallest absolute Gasteiger partial charge is 0.0641 e. The monoisotopic (exact) mass is 215 g/mol. The van der Waals surface area contributed by atoms with Crippen LogP contribution in [0.4, 0.5) is 0 Å². The number of nitrogens with two attached hydrogens (primary N) is 1. The van der Waals surface area contributed by atoms with E-state index in [0.29, 0.717) is 6.42 Å². The number of hydrogen-bond acceptors (Lipinski definition) is 3. The van der Waals surface area contributed by atoms with Gasteiger partial charge in [-0.25, -0.2) is 0 Å². The lowest BCUT2D eigenvalue weighted by atomic mass is 10.0. The lowest BCUT2D eigenvalue weighted by Crippen LogP contribution is -2.30. The molecule has 1 unspecified atom stereocenters. The Labute approximate surface area is 96.5 Å². The Morgan fingerprint density at radius 2 is 2.19 bits per heavy atom. The Morgan fingerprint density at radius 3 is 2.75 bits per heavy atom. The SMILES string of the molecule is N#CCC(c1ccccc1)N1CC[C@@H](N)C1. The molecule has 84 valence electrons. The highest BCUT2D eigenvalue weighted by molar-refractivity contribution is 5.20. The van der Waals surface area contributed by atoms with E-state index in [1.807, 2.05) is 18.2 Å². The summed E-state index contributed by atoms with van der Waals surface area (Å²) >= 11 is 0. The highest BCUT2D eigenvalue weighted by atomic mass is 15.2. The average molecular weight is 215 g/mol. The molecule has 0 aliphatic carbocycles. The first-order valence-electron chi connectivity index (χ1n) is 5.73. The van der Waals surface area contributed by atoms with Crippen LogP contribution in [0.3, 0.4) is 0 Å². The minimum Gasteiger partial charge on any atom is -0.326 e. The van der Waals surface area contributed by atoms with Crippen LogP contribution in [0, 0.1) is 11.3 Å². The fourth-order valence-corrected chi connectivity index (χ4v) is 2.32. The van der Waals surface area contributed by atoms with E-state index in [4.69, 9.17) is 11.0 Å². The van der Waals surface area contributed by atoms with Gasteiger partial charge >= 0.3 is 0 Å². The molecule has 2 atom stereocenters. The van der Waals surface area contributed by atoms with Gasteiger partial charge in [-0.1, -0.05) is 30.3 Å². The zero-order valence-electron chi connectivity index (χ0n) is 9.34. The summed E-state index contributed by atoms with van der Waals surface area (Å²) in [6.45, 7) is 1.91. The molecule has 1 heterocycles. The van der Waals surface area contributed by atoms with Crippen LogP contribution < -0.4 is 5.73 Å². The van der Waals surface area contributed by atoms with Crippen molar-refractivity contribution in [3.8, 4) is 6.07 Å². The highest BCUT2D eigenvalue weighted by Crippen LogP contribution is 2.27. The molecule has 3 heteroatoms. The predicted octanol–water partition coefficient (Wildman–Crippen LogP) is 1.67. The number of nitriles is 1. The molecule has 0 amide bonds. The predicted molar refractivity (Wildman–Crippen MR) is 63.6 cm³/mol. The fourth-order valence-electron chi connectivity index (χ4n) is 2.32. The molecule has 0 bridgehead atoms. The maximum absolute atomic E-state index is 8.92. The van der Waals surface area contributed by atoms with Crippen molar-refractivity contribution in [1.82, 2.24) is 4.90 Å². The topological polar surface area (TPSA) is 53.0 Å². The standard InChI is InChI=1S/C13H17N3/c14-8-6-13(11-4-2-1-3-5-11)16-9-7-12(15)10-16/h1-5,12-13H,6-7,9-10,15H2/t12-,13?/m1/s1. The molecule has 1 fully saturated rings. The lowest BCUT2D eigenvalue weighted by molar-refractivity contribution is 0.246. The summed E-state index contributed by atoms with van der Waals surface area (Å²) in [5, 5.41) is 8.92. The Bertz CT molecular complexity index is 369. The van der Waals surface area contributed by atoms with Gasteiger partial charge in [0.05, 0.1) is 12.5 Å². The number of hydrogen-bond donors (Lipinski definition) is 1. The summed E-state index contributed by atoms with van der Waals surface area (Å²) in [6, 6.07) is 13.0. The molecule has 1 saturated heterocycles. The Kier molecular flexibility index (Phi) is 3.55. The summed E-state index contributed by atoms with van der Waals surface area (Å²) < 4.78 is 0.